The number of rotatable bonds is 10. The van der Waals surface area contributed by atoms with E-state index in [0.29, 0.717) is 38.8 Å². The van der Waals surface area contributed by atoms with Crippen molar-refractivity contribution in [2.24, 2.45) is 0 Å². The average molecular weight is 512 g/mol. The Hall–Kier alpha value is -3.59. The standard InChI is InChI=1S/C24H22F6N4O2/c25-23(26,27)17-14-16(8-4-6-12-32-13-7-5-11-31)20-19(15-17)33-22(36-21(35)24(28,29)30)34(20)18-9-2-1-3-10-18/h1-3,9-10,14-15,32H,4-8,12-13H2. The van der Waals surface area contributed by atoms with Gasteiger partial charge in [0.15, 0.2) is 0 Å². The summed E-state index contributed by atoms with van der Waals surface area (Å²) in [6, 6.07) is 10.8. The second kappa shape index (κ2) is 11.4. The Morgan fingerprint density at radius 1 is 1.03 bits per heavy atom. The third kappa shape index (κ3) is 6.75. The molecular weight excluding hydrogens is 490 g/mol. The summed E-state index contributed by atoms with van der Waals surface area (Å²) in [6.45, 7) is 1.22. The average Bonchev–Trinajstić information content (AvgIpc) is 3.18. The molecule has 0 fully saturated rings. The maximum absolute atomic E-state index is 13.6. The zero-order chi connectivity index (χ0) is 26.3. The van der Waals surface area contributed by atoms with E-state index in [9.17, 15) is 31.1 Å². The minimum absolute atomic E-state index is 0.126. The fourth-order valence-electron chi connectivity index (χ4n) is 3.63. The largest absolute Gasteiger partial charge is 0.491 e. The van der Waals surface area contributed by atoms with E-state index in [0.717, 1.165) is 16.7 Å². The molecule has 0 aliphatic carbocycles. The number of alkyl halides is 6. The molecule has 0 amide bonds. The summed E-state index contributed by atoms with van der Waals surface area (Å²) >= 11 is 0. The molecular formula is C24H22F6N4O2. The number of nitriles is 1. The van der Waals surface area contributed by atoms with Crippen LogP contribution in [0.2, 0.25) is 0 Å². The van der Waals surface area contributed by atoms with Gasteiger partial charge in [-0.2, -0.15) is 36.6 Å². The Labute approximate surface area is 202 Å². The molecule has 0 spiro atoms. The first kappa shape index (κ1) is 27.0. The summed E-state index contributed by atoms with van der Waals surface area (Å²) < 4.78 is 85.0. The van der Waals surface area contributed by atoms with Crippen molar-refractivity contribution < 1.29 is 35.9 Å². The minimum Gasteiger partial charge on any atom is -0.385 e. The maximum atomic E-state index is 13.6. The number of aromatic nitrogens is 2. The molecule has 0 radical (unpaired) electrons. The first-order chi connectivity index (χ1) is 17.0. The molecule has 6 nitrogen and oxygen atoms in total. The number of benzene rings is 2. The van der Waals surface area contributed by atoms with Crippen molar-refractivity contribution in [3.05, 3.63) is 53.6 Å². The summed E-state index contributed by atoms with van der Waals surface area (Å²) in [5, 5.41) is 11.7. The number of esters is 1. The highest BCUT2D eigenvalue weighted by Crippen LogP contribution is 2.37. The molecule has 0 saturated heterocycles. The van der Waals surface area contributed by atoms with Gasteiger partial charge in [-0.05, 0) is 68.6 Å². The van der Waals surface area contributed by atoms with E-state index >= 15 is 0 Å². The molecule has 192 valence electrons. The van der Waals surface area contributed by atoms with Crippen LogP contribution in [0.3, 0.4) is 0 Å². The Morgan fingerprint density at radius 3 is 2.36 bits per heavy atom. The van der Waals surface area contributed by atoms with E-state index in [1.54, 1.807) is 18.2 Å². The smallest absolute Gasteiger partial charge is 0.385 e. The van der Waals surface area contributed by atoms with Gasteiger partial charge in [0.2, 0.25) is 0 Å². The van der Waals surface area contributed by atoms with E-state index in [1.807, 2.05) is 6.07 Å². The zero-order valence-electron chi connectivity index (χ0n) is 18.9. The first-order valence-corrected chi connectivity index (χ1v) is 11.1. The van der Waals surface area contributed by atoms with Crippen LogP contribution in [0.1, 0.15) is 36.8 Å². The van der Waals surface area contributed by atoms with E-state index < -0.39 is 29.9 Å². The third-order valence-corrected chi connectivity index (χ3v) is 5.25. The van der Waals surface area contributed by atoms with Crippen LogP contribution in [0.15, 0.2) is 42.5 Å². The van der Waals surface area contributed by atoms with Crippen LogP contribution >= 0.6 is 0 Å². The summed E-state index contributed by atoms with van der Waals surface area (Å²) in [5.41, 5.74) is -0.657. The minimum atomic E-state index is -5.32. The van der Waals surface area contributed by atoms with E-state index in [4.69, 9.17) is 5.26 Å². The van der Waals surface area contributed by atoms with Gasteiger partial charge in [0.05, 0.1) is 28.4 Å². The number of imidazole rings is 1. The quantitative estimate of drug-likeness (QED) is 0.213. The Balaban J connectivity index is 2.01. The topological polar surface area (TPSA) is 79.9 Å². The monoisotopic (exact) mass is 512 g/mol. The van der Waals surface area contributed by atoms with Crippen molar-refractivity contribution in [1.82, 2.24) is 14.9 Å². The SMILES string of the molecule is N#CCCCNCCCCc1cc(C(F)(F)F)cc2nc(OC(=O)C(F)(F)F)n(-c3ccccc3)c12. The fraction of sp³-hybridized carbons (Fsp3) is 0.375. The molecule has 3 rings (SSSR count). The maximum Gasteiger partial charge on any atom is 0.491 e. The fourth-order valence-corrected chi connectivity index (χ4v) is 3.63. The Morgan fingerprint density at radius 2 is 1.72 bits per heavy atom. The van der Waals surface area contributed by atoms with Crippen LogP contribution in [0, 0.1) is 11.3 Å². The highest BCUT2D eigenvalue weighted by Gasteiger charge is 2.42. The molecule has 12 heteroatoms. The number of halogens is 6. The highest BCUT2D eigenvalue weighted by molar-refractivity contribution is 5.85. The molecule has 0 unspecified atom stereocenters. The van der Waals surface area contributed by atoms with Crippen LogP contribution in [0.4, 0.5) is 26.3 Å². The predicted octanol–water partition coefficient (Wildman–Crippen LogP) is 5.73. The molecule has 1 N–H and O–H groups in total. The third-order valence-electron chi connectivity index (χ3n) is 5.25. The van der Waals surface area contributed by atoms with Crippen molar-refractivity contribution in [3.8, 4) is 17.8 Å². The predicted molar refractivity (Wildman–Crippen MR) is 118 cm³/mol. The number of nitrogens with one attached hydrogen (secondary N) is 1. The van der Waals surface area contributed by atoms with Crippen LogP contribution in [0.5, 0.6) is 6.01 Å². The second-order valence-corrected chi connectivity index (χ2v) is 7.92. The van der Waals surface area contributed by atoms with Gasteiger partial charge in [-0.1, -0.05) is 18.2 Å². The first-order valence-electron chi connectivity index (χ1n) is 11.1. The number of hydrogen-bond acceptors (Lipinski definition) is 5. The molecule has 3 aromatic rings. The summed E-state index contributed by atoms with van der Waals surface area (Å²) in [6.07, 6.45) is -7.69. The summed E-state index contributed by atoms with van der Waals surface area (Å²) in [7, 11) is 0. The van der Waals surface area contributed by atoms with Crippen molar-refractivity contribution in [3.63, 3.8) is 0 Å². The number of carbonyl (C=O) groups is 1. The van der Waals surface area contributed by atoms with Crippen molar-refractivity contribution in [2.45, 2.75) is 44.5 Å². The lowest BCUT2D eigenvalue weighted by molar-refractivity contribution is -0.190. The van der Waals surface area contributed by atoms with Gasteiger partial charge in [-0.3, -0.25) is 4.57 Å². The molecule has 0 aliphatic rings. The number of carbonyl (C=O) groups excluding carboxylic acids is 1. The van der Waals surface area contributed by atoms with E-state index in [1.165, 1.54) is 12.1 Å². The van der Waals surface area contributed by atoms with Crippen molar-refractivity contribution in [2.75, 3.05) is 13.1 Å². The van der Waals surface area contributed by atoms with Crippen LogP contribution in [-0.4, -0.2) is 34.8 Å². The zero-order valence-corrected chi connectivity index (χ0v) is 18.9. The Kier molecular flexibility index (Phi) is 8.57. The van der Waals surface area contributed by atoms with Gasteiger partial charge in [-0.25, -0.2) is 4.79 Å². The number of aryl methyl sites for hydroxylation is 1. The lowest BCUT2D eigenvalue weighted by Crippen LogP contribution is -2.29. The summed E-state index contributed by atoms with van der Waals surface area (Å²) in [4.78, 5) is 15.4. The van der Waals surface area contributed by atoms with Crippen LogP contribution < -0.4 is 10.1 Å². The molecule has 1 heterocycles. The number of ether oxygens (including phenoxy) is 1. The van der Waals surface area contributed by atoms with Gasteiger partial charge in [0.25, 0.3) is 0 Å². The van der Waals surface area contributed by atoms with Gasteiger partial charge < -0.3 is 10.1 Å². The molecule has 0 aliphatic heterocycles. The van der Waals surface area contributed by atoms with E-state index in [-0.39, 0.29) is 28.7 Å². The number of para-hydroxylation sites is 1. The molecule has 0 atom stereocenters. The van der Waals surface area contributed by atoms with Crippen molar-refractivity contribution >= 4 is 17.0 Å². The van der Waals surface area contributed by atoms with Crippen molar-refractivity contribution in [1.29, 1.82) is 5.26 Å². The number of hydrogen-bond donors (Lipinski definition) is 1. The number of fused-ring (bicyclic) bond motifs is 1. The molecule has 36 heavy (non-hydrogen) atoms. The molecule has 0 bridgehead atoms. The summed E-state index contributed by atoms with van der Waals surface area (Å²) in [5.74, 6) is -2.53. The van der Waals surface area contributed by atoms with Gasteiger partial charge in [0, 0.05) is 6.42 Å². The normalized spacial score (nSPS) is 12.0. The van der Waals surface area contributed by atoms with Crippen LogP contribution in [0.25, 0.3) is 16.7 Å². The van der Waals surface area contributed by atoms with Gasteiger partial charge in [-0.15, -0.1) is 0 Å². The van der Waals surface area contributed by atoms with E-state index in [2.05, 4.69) is 15.0 Å². The van der Waals surface area contributed by atoms with Crippen LogP contribution in [-0.2, 0) is 17.4 Å². The lowest BCUT2D eigenvalue weighted by atomic mass is 10.0. The Bertz CT molecular complexity index is 1230. The number of unbranched alkanes of at least 4 members (excludes halogenated alkanes) is 2. The molecule has 2 aromatic carbocycles. The molecule has 0 saturated carbocycles. The second-order valence-electron chi connectivity index (χ2n) is 7.92. The highest BCUT2D eigenvalue weighted by atomic mass is 19.4. The van der Waals surface area contributed by atoms with Gasteiger partial charge >= 0.3 is 24.3 Å². The lowest BCUT2D eigenvalue weighted by Gasteiger charge is -2.14. The van der Waals surface area contributed by atoms with Gasteiger partial charge in [0.1, 0.15) is 0 Å². The molecule has 1 aromatic heterocycles. The number of nitrogens with zero attached hydrogens (tertiary/aromatic N) is 3.